The molecule has 6 nitrogen and oxygen atoms in total. The third-order valence-corrected chi connectivity index (χ3v) is 6.00. The second-order valence-electron chi connectivity index (χ2n) is 6.15. The maximum absolute atomic E-state index is 12.8. The molecule has 1 aliphatic carbocycles. The highest BCUT2D eigenvalue weighted by molar-refractivity contribution is 7.89. The smallest absolute Gasteiger partial charge is 0.337 e. The van der Waals surface area contributed by atoms with E-state index in [-0.39, 0.29) is 16.5 Å². The molecular weight excluding hydrogens is 354 g/mol. The van der Waals surface area contributed by atoms with Crippen LogP contribution >= 0.6 is 0 Å². The monoisotopic (exact) mass is 375 g/mol. The Labute approximate surface area is 153 Å². The number of ether oxygens (including phenoxy) is 2. The molecule has 26 heavy (non-hydrogen) atoms. The zero-order valence-corrected chi connectivity index (χ0v) is 15.5. The molecule has 7 heteroatoms. The largest absolute Gasteiger partial charge is 0.497 e. The summed E-state index contributed by atoms with van der Waals surface area (Å²) >= 11 is 0. The van der Waals surface area contributed by atoms with E-state index in [4.69, 9.17) is 4.74 Å². The van der Waals surface area contributed by atoms with Gasteiger partial charge in [0.1, 0.15) is 5.75 Å². The van der Waals surface area contributed by atoms with E-state index in [2.05, 4.69) is 9.46 Å². The van der Waals surface area contributed by atoms with Gasteiger partial charge >= 0.3 is 5.97 Å². The van der Waals surface area contributed by atoms with Crippen LogP contribution in [0.1, 0.15) is 40.4 Å². The molecule has 0 aliphatic heterocycles. The Hall–Kier alpha value is -2.38. The average molecular weight is 375 g/mol. The minimum Gasteiger partial charge on any atom is -0.497 e. The molecule has 2 aromatic rings. The first-order chi connectivity index (χ1) is 12.4. The van der Waals surface area contributed by atoms with E-state index < -0.39 is 16.0 Å². The van der Waals surface area contributed by atoms with Crippen LogP contribution in [0.25, 0.3) is 0 Å². The van der Waals surface area contributed by atoms with Crippen LogP contribution in [0.4, 0.5) is 0 Å². The average Bonchev–Trinajstić information content (AvgIpc) is 2.67. The molecule has 0 unspecified atom stereocenters. The van der Waals surface area contributed by atoms with Gasteiger partial charge in [-0.05, 0) is 60.7 Å². The molecule has 0 amide bonds. The zero-order chi connectivity index (χ0) is 18.7. The first-order valence-corrected chi connectivity index (χ1v) is 9.80. The lowest BCUT2D eigenvalue weighted by Gasteiger charge is -2.26. The molecule has 0 saturated carbocycles. The van der Waals surface area contributed by atoms with Gasteiger partial charge in [-0.25, -0.2) is 17.9 Å². The van der Waals surface area contributed by atoms with Gasteiger partial charge in [-0.3, -0.25) is 0 Å². The molecule has 0 radical (unpaired) electrons. The summed E-state index contributed by atoms with van der Waals surface area (Å²) in [6, 6.07) is 11.2. The number of benzene rings is 2. The van der Waals surface area contributed by atoms with Crippen molar-refractivity contribution in [2.75, 3.05) is 14.2 Å². The Morgan fingerprint density at radius 3 is 2.69 bits per heavy atom. The third kappa shape index (κ3) is 3.73. The van der Waals surface area contributed by atoms with Gasteiger partial charge in [0.05, 0.1) is 24.7 Å². The van der Waals surface area contributed by atoms with Crippen LogP contribution in [0.5, 0.6) is 5.75 Å². The fraction of sp³-hybridized carbons (Fsp3) is 0.316. The van der Waals surface area contributed by atoms with Crippen molar-refractivity contribution < 1.29 is 22.7 Å². The number of hydrogen-bond donors (Lipinski definition) is 1. The summed E-state index contributed by atoms with van der Waals surface area (Å²) in [5.41, 5.74) is 2.25. The number of sulfonamides is 1. The first kappa shape index (κ1) is 18.4. The summed E-state index contributed by atoms with van der Waals surface area (Å²) in [6.45, 7) is 0. The minimum atomic E-state index is -3.77. The number of methoxy groups -OCH3 is 2. The molecule has 0 bridgehead atoms. The summed E-state index contributed by atoms with van der Waals surface area (Å²) in [7, 11) is -0.902. The number of carbonyl (C=O) groups is 1. The Bertz CT molecular complexity index is 923. The lowest BCUT2D eigenvalue weighted by Crippen LogP contribution is -2.31. The molecule has 2 aromatic carbocycles. The second-order valence-corrected chi connectivity index (χ2v) is 7.86. The van der Waals surface area contributed by atoms with Gasteiger partial charge in [0, 0.05) is 6.04 Å². The van der Waals surface area contributed by atoms with Gasteiger partial charge in [-0.2, -0.15) is 0 Å². The Balaban J connectivity index is 1.88. The molecular formula is C19H21NO5S. The van der Waals surface area contributed by atoms with E-state index in [1.165, 1.54) is 31.4 Å². The molecule has 0 aromatic heterocycles. The number of fused-ring (bicyclic) bond motifs is 1. The summed E-state index contributed by atoms with van der Waals surface area (Å²) in [4.78, 5) is 11.7. The summed E-state index contributed by atoms with van der Waals surface area (Å²) in [5.74, 6) is 0.190. The molecule has 0 spiro atoms. The minimum absolute atomic E-state index is 0.0426. The van der Waals surface area contributed by atoms with Crippen molar-refractivity contribution in [1.82, 2.24) is 4.72 Å². The van der Waals surface area contributed by atoms with Crippen LogP contribution in [0, 0.1) is 0 Å². The van der Waals surface area contributed by atoms with Crippen LogP contribution in [0.2, 0.25) is 0 Å². The van der Waals surface area contributed by atoms with Crippen molar-refractivity contribution in [2.24, 2.45) is 0 Å². The van der Waals surface area contributed by atoms with Crippen molar-refractivity contribution in [3.8, 4) is 5.75 Å². The maximum Gasteiger partial charge on any atom is 0.337 e. The van der Waals surface area contributed by atoms with E-state index in [1.54, 1.807) is 7.11 Å². The van der Waals surface area contributed by atoms with E-state index >= 15 is 0 Å². The lowest BCUT2D eigenvalue weighted by molar-refractivity contribution is 0.0600. The zero-order valence-electron chi connectivity index (χ0n) is 14.7. The number of aryl methyl sites for hydroxylation is 1. The van der Waals surface area contributed by atoms with E-state index in [9.17, 15) is 13.2 Å². The first-order valence-electron chi connectivity index (χ1n) is 8.32. The van der Waals surface area contributed by atoms with Gasteiger partial charge in [0.15, 0.2) is 0 Å². The van der Waals surface area contributed by atoms with Gasteiger partial charge in [-0.1, -0.05) is 12.1 Å². The maximum atomic E-state index is 12.8. The highest BCUT2D eigenvalue weighted by atomic mass is 32.2. The normalized spacial score (nSPS) is 16.6. The molecule has 0 saturated heterocycles. The summed E-state index contributed by atoms with van der Waals surface area (Å²) < 4.78 is 38.3. The predicted molar refractivity (Wildman–Crippen MR) is 96.8 cm³/mol. The number of hydrogen-bond acceptors (Lipinski definition) is 5. The summed E-state index contributed by atoms with van der Waals surface area (Å²) in [5, 5.41) is 0. The predicted octanol–water partition coefficient (Wildman–Crippen LogP) is 2.84. The number of rotatable bonds is 5. The molecule has 138 valence electrons. The van der Waals surface area contributed by atoms with Crippen molar-refractivity contribution >= 4 is 16.0 Å². The van der Waals surface area contributed by atoms with Crippen molar-refractivity contribution in [3.05, 3.63) is 59.2 Å². The van der Waals surface area contributed by atoms with Crippen LogP contribution in [-0.2, 0) is 21.2 Å². The molecule has 0 fully saturated rings. The Kier molecular flexibility index (Phi) is 5.29. The molecule has 1 N–H and O–H groups in total. The molecule has 1 aliphatic rings. The topological polar surface area (TPSA) is 81.7 Å². The Morgan fingerprint density at radius 2 is 1.96 bits per heavy atom. The molecule has 0 heterocycles. The summed E-state index contributed by atoms with van der Waals surface area (Å²) in [6.07, 6.45) is 2.49. The van der Waals surface area contributed by atoms with Gasteiger partial charge in [0.2, 0.25) is 10.0 Å². The molecule has 1 atom stereocenters. The van der Waals surface area contributed by atoms with E-state index in [0.717, 1.165) is 36.1 Å². The van der Waals surface area contributed by atoms with E-state index in [1.807, 2.05) is 18.2 Å². The third-order valence-electron chi connectivity index (χ3n) is 4.53. The second kappa shape index (κ2) is 7.47. The Morgan fingerprint density at radius 1 is 1.15 bits per heavy atom. The quantitative estimate of drug-likeness (QED) is 0.813. The number of carbonyl (C=O) groups excluding carboxylic acids is 1. The van der Waals surface area contributed by atoms with Crippen LogP contribution in [-0.4, -0.2) is 28.6 Å². The fourth-order valence-corrected chi connectivity index (χ4v) is 4.50. The SMILES string of the molecule is COC(=O)c1cccc(S(=O)(=O)N[C@@H]2CCCc3cc(OC)ccc32)c1. The van der Waals surface area contributed by atoms with Crippen molar-refractivity contribution in [3.63, 3.8) is 0 Å². The lowest BCUT2D eigenvalue weighted by atomic mass is 9.88. The number of nitrogens with one attached hydrogen (secondary N) is 1. The standard InChI is InChI=1S/C19H21NO5S/c1-24-15-9-10-17-13(11-15)5-4-8-18(17)20-26(22,23)16-7-3-6-14(12-16)19(21)25-2/h3,6-7,9-12,18,20H,4-5,8H2,1-2H3/t18-/m1/s1. The number of esters is 1. The van der Waals surface area contributed by atoms with Crippen molar-refractivity contribution in [1.29, 1.82) is 0 Å². The van der Waals surface area contributed by atoms with Crippen LogP contribution < -0.4 is 9.46 Å². The van der Waals surface area contributed by atoms with Crippen LogP contribution in [0.3, 0.4) is 0 Å². The van der Waals surface area contributed by atoms with Crippen LogP contribution in [0.15, 0.2) is 47.4 Å². The van der Waals surface area contributed by atoms with Crippen molar-refractivity contribution in [2.45, 2.75) is 30.2 Å². The van der Waals surface area contributed by atoms with Gasteiger partial charge < -0.3 is 9.47 Å². The highest BCUT2D eigenvalue weighted by Gasteiger charge is 2.26. The van der Waals surface area contributed by atoms with E-state index in [0.29, 0.717) is 0 Å². The molecule has 3 rings (SSSR count). The highest BCUT2D eigenvalue weighted by Crippen LogP contribution is 2.33. The fourth-order valence-electron chi connectivity index (χ4n) is 3.20. The van der Waals surface area contributed by atoms with Gasteiger partial charge in [-0.15, -0.1) is 0 Å². The van der Waals surface area contributed by atoms with Gasteiger partial charge in [0.25, 0.3) is 0 Å².